The van der Waals surface area contributed by atoms with Gasteiger partial charge in [-0.05, 0) is 36.6 Å². The van der Waals surface area contributed by atoms with Crippen molar-refractivity contribution in [3.63, 3.8) is 0 Å². The lowest BCUT2D eigenvalue weighted by Gasteiger charge is -2.21. The minimum atomic E-state index is -0.532. The van der Waals surface area contributed by atoms with Gasteiger partial charge in [0.05, 0.1) is 19.8 Å². The number of para-hydroxylation sites is 1. The molecule has 1 fully saturated rings. The van der Waals surface area contributed by atoms with Crippen molar-refractivity contribution in [3.8, 4) is 0 Å². The maximum absolute atomic E-state index is 14.1. The molecule has 1 unspecified atom stereocenters. The van der Waals surface area contributed by atoms with E-state index < -0.39 is 11.6 Å². The first-order chi connectivity index (χ1) is 15.6. The summed E-state index contributed by atoms with van der Waals surface area (Å²) in [5.74, 6) is -0.408. The van der Waals surface area contributed by atoms with Gasteiger partial charge >= 0.3 is 0 Å². The highest BCUT2D eigenvalue weighted by molar-refractivity contribution is 14.0. The molecule has 0 spiro atoms. The first-order valence-corrected chi connectivity index (χ1v) is 11.0. The lowest BCUT2D eigenvalue weighted by molar-refractivity contribution is 0.0453. The second-order valence-electron chi connectivity index (χ2n) is 7.64. The zero-order valence-corrected chi connectivity index (χ0v) is 21.5. The summed E-state index contributed by atoms with van der Waals surface area (Å²) in [6.45, 7) is 6.06. The number of ether oxygens (including phenoxy) is 2. The molecule has 0 amide bonds. The highest BCUT2D eigenvalue weighted by Gasteiger charge is 2.27. The summed E-state index contributed by atoms with van der Waals surface area (Å²) < 4.78 is 39.1. The smallest absolute Gasteiger partial charge is 0.191 e. The van der Waals surface area contributed by atoms with E-state index in [-0.39, 0.29) is 35.7 Å². The zero-order chi connectivity index (χ0) is 22.8. The van der Waals surface area contributed by atoms with Crippen molar-refractivity contribution in [3.05, 3.63) is 65.2 Å². The van der Waals surface area contributed by atoms with Crippen LogP contribution in [0, 0.1) is 11.6 Å². The van der Waals surface area contributed by atoms with Crippen LogP contribution in [-0.2, 0) is 22.6 Å². The van der Waals surface area contributed by atoms with Crippen LogP contribution >= 0.6 is 24.0 Å². The third-order valence-corrected chi connectivity index (χ3v) is 5.30. The van der Waals surface area contributed by atoms with Crippen molar-refractivity contribution in [2.45, 2.75) is 32.5 Å². The number of nitrogens with one attached hydrogen (secondary N) is 2. The molecule has 1 heterocycles. The van der Waals surface area contributed by atoms with Gasteiger partial charge in [-0.2, -0.15) is 0 Å². The molecule has 0 saturated carbocycles. The molecule has 1 aliphatic heterocycles. The van der Waals surface area contributed by atoms with E-state index in [9.17, 15) is 8.78 Å². The second kappa shape index (κ2) is 14.3. The van der Waals surface area contributed by atoms with Crippen molar-refractivity contribution in [1.29, 1.82) is 0 Å². The second-order valence-corrected chi connectivity index (χ2v) is 7.64. The van der Waals surface area contributed by atoms with Gasteiger partial charge in [-0.25, -0.2) is 8.78 Å². The summed E-state index contributed by atoms with van der Waals surface area (Å²) in [6.07, 6.45) is 0.767. The van der Waals surface area contributed by atoms with Crippen molar-refractivity contribution < 1.29 is 18.3 Å². The first kappa shape index (κ1) is 27.3. The third kappa shape index (κ3) is 8.38. The predicted molar refractivity (Wildman–Crippen MR) is 138 cm³/mol. The molecule has 1 atom stereocenters. The number of hydrogen-bond acceptors (Lipinski definition) is 4. The summed E-state index contributed by atoms with van der Waals surface area (Å²) in [6, 6.07) is 12.2. The molecule has 0 aromatic heterocycles. The normalized spacial score (nSPS) is 15.9. The lowest BCUT2D eigenvalue weighted by atomic mass is 10.1. The van der Waals surface area contributed by atoms with Gasteiger partial charge in [0.1, 0.15) is 17.3 Å². The van der Waals surface area contributed by atoms with Crippen LogP contribution < -0.4 is 15.5 Å². The highest BCUT2D eigenvalue weighted by Crippen LogP contribution is 2.26. The van der Waals surface area contributed by atoms with Crippen LogP contribution in [0.2, 0.25) is 0 Å². The predicted octanol–water partition coefficient (Wildman–Crippen LogP) is 4.08. The van der Waals surface area contributed by atoms with Gasteiger partial charge in [0.25, 0.3) is 0 Å². The van der Waals surface area contributed by atoms with E-state index in [0.717, 1.165) is 17.5 Å². The number of halogens is 3. The van der Waals surface area contributed by atoms with Gasteiger partial charge in [-0.1, -0.05) is 30.3 Å². The molecular formula is C24H33F2IN4O2. The van der Waals surface area contributed by atoms with Crippen molar-refractivity contribution >= 4 is 35.6 Å². The molecule has 1 aliphatic rings. The number of rotatable bonds is 10. The lowest BCUT2D eigenvalue weighted by Crippen LogP contribution is -2.44. The molecule has 182 valence electrons. The van der Waals surface area contributed by atoms with Crippen LogP contribution in [0.15, 0.2) is 47.5 Å². The Morgan fingerprint density at radius 2 is 1.79 bits per heavy atom. The molecule has 0 bridgehead atoms. The molecule has 9 heteroatoms. The Balaban J connectivity index is 0.00000385. The van der Waals surface area contributed by atoms with E-state index in [0.29, 0.717) is 52.0 Å². The van der Waals surface area contributed by atoms with Gasteiger partial charge in [-0.15, -0.1) is 24.0 Å². The highest BCUT2D eigenvalue weighted by atomic mass is 127. The van der Waals surface area contributed by atoms with E-state index in [1.165, 1.54) is 18.2 Å². The Labute approximate surface area is 211 Å². The number of hydrogen-bond donors (Lipinski definition) is 2. The van der Waals surface area contributed by atoms with Crippen LogP contribution in [0.3, 0.4) is 0 Å². The van der Waals surface area contributed by atoms with E-state index >= 15 is 0 Å². The molecule has 0 radical (unpaired) electrons. The van der Waals surface area contributed by atoms with E-state index in [1.807, 2.05) is 25.1 Å². The van der Waals surface area contributed by atoms with Crippen LogP contribution in [-0.4, -0.2) is 52.0 Å². The van der Waals surface area contributed by atoms with E-state index in [1.54, 1.807) is 11.9 Å². The molecule has 2 N–H and O–H groups in total. The molecule has 3 rings (SSSR count). The fraction of sp³-hybridized carbons (Fsp3) is 0.458. The fourth-order valence-corrected chi connectivity index (χ4v) is 3.73. The van der Waals surface area contributed by atoms with Crippen LogP contribution in [0.4, 0.5) is 14.5 Å². The standard InChI is InChI=1S/C24H32F2N4O2.HI/c1-3-31-12-13-32-17-19-7-4-6-18(14-19)15-28-24(27-2)29-20-10-11-30(16-20)23-21(25)8-5-9-22(23)26;/h4-9,14,20H,3,10-13,15-17H2,1-2H3,(H2,27,28,29);1H. The minimum absolute atomic E-state index is 0. The Kier molecular flexibility index (Phi) is 11.8. The van der Waals surface area contributed by atoms with Gasteiger partial charge in [0.15, 0.2) is 5.96 Å². The molecule has 2 aromatic rings. The average Bonchev–Trinajstić information content (AvgIpc) is 3.24. The van der Waals surface area contributed by atoms with E-state index in [4.69, 9.17) is 9.47 Å². The van der Waals surface area contributed by atoms with Gasteiger partial charge in [0, 0.05) is 39.3 Å². The van der Waals surface area contributed by atoms with Crippen LogP contribution in [0.1, 0.15) is 24.5 Å². The Bertz CT molecular complexity index is 880. The van der Waals surface area contributed by atoms with E-state index in [2.05, 4.69) is 21.7 Å². The Hall–Kier alpha value is -1.98. The summed E-state index contributed by atoms with van der Waals surface area (Å²) in [5.41, 5.74) is 2.25. The monoisotopic (exact) mass is 574 g/mol. The molecule has 6 nitrogen and oxygen atoms in total. The van der Waals surface area contributed by atoms with Gasteiger partial charge in [0.2, 0.25) is 0 Å². The fourth-order valence-electron chi connectivity index (χ4n) is 3.73. The van der Waals surface area contributed by atoms with Crippen molar-refractivity contribution in [2.24, 2.45) is 4.99 Å². The maximum atomic E-state index is 14.1. The van der Waals surface area contributed by atoms with Gasteiger partial charge < -0.3 is 25.0 Å². The molecule has 1 saturated heterocycles. The minimum Gasteiger partial charge on any atom is -0.379 e. The number of nitrogens with zero attached hydrogens (tertiary/aromatic N) is 2. The topological polar surface area (TPSA) is 58.1 Å². The molecule has 2 aromatic carbocycles. The summed E-state index contributed by atoms with van der Waals surface area (Å²) >= 11 is 0. The largest absolute Gasteiger partial charge is 0.379 e. The van der Waals surface area contributed by atoms with Crippen LogP contribution in [0.25, 0.3) is 0 Å². The number of guanidine groups is 1. The maximum Gasteiger partial charge on any atom is 0.191 e. The molecular weight excluding hydrogens is 541 g/mol. The summed E-state index contributed by atoms with van der Waals surface area (Å²) in [7, 11) is 1.71. The summed E-state index contributed by atoms with van der Waals surface area (Å²) in [5, 5.41) is 6.67. The molecule has 33 heavy (non-hydrogen) atoms. The SMILES string of the molecule is CCOCCOCc1cccc(CNC(=NC)NC2CCN(c3c(F)cccc3F)C2)c1.I. The first-order valence-electron chi connectivity index (χ1n) is 11.0. The third-order valence-electron chi connectivity index (χ3n) is 5.30. The van der Waals surface area contributed by atoms with Crippen molar-refractivity contribution in [2.75, 3.05) is 44.9 Å². The van der Waals surface area contributed by atoms with Crippen molar-refractivity contribution in [1.82, 2.24) is 10.6 Å². The average molecular weight is 574 g/mol. The number of benzene rings is 2. The number of aliphatic imine (C=N–C) groups is 1. The van der Waals surface area contributed by atoms with Crippen LogP contribution in [0.5, 0.6) is 0 Å². The van der Waals surface area contributed by atoms with Gasteiger partial charge in [-0.3, -0.25) is 4.99 Å². The molecule has 0 aliphatic carbocycles. The zero-order valence-electron chi connectivity index (χ0n) is 19.2. The summed E-state index contributed by atoms with van der Waals surface area (Å²) in [4.78, 5) is 6.03. The quantitative estimate of drug-likeness (QED) is 0.194. The Morgan fingerprint density at radius 1 is 1.09 bits per heavy atom. The number of anilines is 1. The Morgan fingerprint density at radius 3 is 2.52 bits per heavy atom.